The number of rotatable bonds is 8. The monoisotopic (exact) mass is 530 g/mol. The number of hydrogen-bond acceptors (Lipinski definition) is 2. The molecule has 2 aliphatic rings. The van der Waals surface area contributed by atoms with Gasteiger partial charge in [0.15, 0.2) is 0 Å². The summed E-state index contributed by atoms with van der Waals surface area (Å²) in [5.41, 5.74) is 24.3. The van der Waals surface area contributed by atoms with E-state index in [9.17, 15) is 0 Å². The smallest absolute Gasteiger partial charge is 0.0382 e. The van der Waals surface area contributed by atoms with Gasteiger partial charge in [-0.05, 0) is 126 Å². The van der Waals surface area contributed by atoms with Crippen molar-refractivity contribution >= 4 is 11.4 Å². The van der Waals surface area contributed by atoms with Crippen LogP contribution in [0.1, 0.15) is 139 Å². The lowest BCUT2D eigenvalue weighted by Gasteiger charge is -2.39. The second kappa shape index (κ2) is 12.7. The van der Waals surface area contributed by atoms with Crippen molar-refractivity contribution in [2.24, 2.45) is 35.5 Å². The van der Waals surface area contributed by atoms with E-state index in [4.69, 9.17) is 11.5 Å². The highest BCUT2D eigenvalue weighted by Crippen LogP contribution is 2.48. The lowest BCUT2D eigenvalue weighted by molar-refractivity contribution is 0.197. The summed E-state index contributed by atoms with van der Waals surface area (Å²) in [7, 11) is 0. The van der Waals surface area contributed by atoms with Crippen LogP contribution >= 0.6 is 0 Å². The molecule has 0 radical (unpaired) electrons. The number of hydrogen-bond donors (Lipinski definition) is 2. The topological polar surface area (TPSA) is 52.0 Å². The van der Waals surface area contributed by atoms with E-state index in [0.717, 1.165) is 54.3 Å². The van der Waals surface area contributed by atoms with Gasteiger partial charge < -0.3 is 11.5 Å². The van der Waals surface area contributed by atoms with Crippen LogP contribution in [0.15, 0.2) is 24.3 Å². The zero-order chi connectivity index (χ0) is 28.4. The van der Waals surface area contributed by atoms with Crippen LogP contribution in [0.3, 0.4) is 0 Å². The Bertz CT molecular complexity index is 1030. The molecule has 4 rings (SSSR count). The largest absolute Gasteiger partial charge is 0.398 e. The maximum atomic E-state index is 6.92. The predicted octanol–water partition coefficient (Wildman–Crippen LogP) is 9.92. The molecule has 2 aromatic carbocycles. The molecule has 2 aromatic rings. The molecular formula is C37H58N2. The summed E-state index contributed by atoms with van der Waals surface area (Å²) in [6.45, 7) is 19.0. The summed E-state index contributed by atoms with van der Waals surface area (Å²) in [5.74, 6) is 5.52. The van der Waals surface area contributed by atoms with E-state index in [1.54, 1.807) is 0 Å². The van der Waals surface area contributed by atoms with Gasteiger partial charge >= 0.3 is 0 Å². The highest BCUT2D eigenvalue weighted by atomic mass is 14.6. The van der Waals surface area contributed by atoms with Crippen molar-refractivity contribution in [1.29, 1.82) is 0 Å². The summed E-state index contributed by atoms with van der Waals surface area (Å²) in [5, 5.41) is 0. The molecule has 0 aliphatic heterocycles. The molecule has 0 aromatic heterocycles. The average molecular weight is 531 g/mol. The number of anilines is 2. The molecule has 4 N–H and O–H groups in total. The average Bonchev–Trinajstić information content (AvgIpc) is 2.89. The second-order valence-corrected chi connectivity index (χ2v) is 14.3. The number of benzene rings is 2. The minimum Gasteiger partial charge on any atom is -0.398 e. The van der Waals surface area contributed by atoms with Crippen molar-refractivity contribution < 1.29 is 0 Å². The molecule has 39 heavy (non-hydrogen) atoms. The van der Waals surface area contributed by atoms with Gasteiger partial charge in [-0.15, -0.1) is 0 Å². The third-order valence-corrected chi connectivity index (χ3v) is 10.7. The van der Waals surface area contributed by atoms with Crippen LogP contribution in [0.5, 0.6) is 0 Å². The Hall–Kier alpha value is -1.96. The molecule has 0 spiro atoms. The highest BCUT2D eigenvalue weighted by Gasteiger charge is 2.35. The first-order valence-corrected chi connectivity index (χ1v) is 16.4. The number of nitrogens with two attached hydrogens (primary N) is 2. The Kier molecular flexibility index (Phi) is 9.77. The van der Waals surface area contributed by atoms with Crippen molar-refractivity contribution in [2.45, 2.75) is 125 Å². The lowest BCUT2D eigenvalue weighted by atomic mass is 9.66. The Morgan fingerprint density at radius 2 is 1.03 bits per heavy atom. The van der Waals surface area contributed by atoms with Crippen molar-refractivity contribution in [3.05, 3.63) is 57.6 Å². The fourth-order valence-corrected chi connectivity index (χ4v) is 8.37. The molecule has 216 valence electrons. The third kappa shape index (κ3) is 6.52. The fraction of sp³-hybridized carbons (Fsp3) is 0.676. The SMILES string of the molecule is CCc1cc(Cc2cc(CC)c(N)c(C3CC(C)CCC3C(C)C)c2)cc(C2CC(C)CCC2C(C)C)c1N. The number of nitrogen functional groups attached to an aromatic ring is 2. The van der Waals surface area contributed by atoms with Crippen LogP contribution in [-0.4, -0.2) is 0 Å². The Morgan fingerprint density at radius 3 is 1.36 bits per heavy atom. The molecule has 2 fully saturated rings. The molecule has 0 amide bonds. The summed E-state index contributed by atoms with van der Waals surface area (Å²) in [6, 6.07) is 9.79. The molecule has 6 unspecified atom stereocenters. The first kappa shape index (κ1) is 30.0. The normalized spacial score (nSPS) is 27.8. The van der Waals surface area contributed by atoms with Gasteiger partial charge in [-0.1, -0.05) is 92.5 Å². The van der Waals surface area contributed by atoms with E-state index in [1.165, 1.54) is 71.9 Å². The minimum atomic E-state index is 0.572. The number of aryl methyl sites for hydroxylation is 2. The summed E-state index contributed by atoms with van der Waals surface area (Å²) >= 11 is 0. The van der Waals surface area contributed by atoms with Crippen molar-refractivity contribution in [3.8, 4) is 0 Å². The van der Waals surface area contributed by atoms with E-state index in [0.29, 0.717) is 23.7 Å². The van der Waals surface area contributed by atoms with Crippen molar-refractivity contribution in [3.63, 3.8) is 0 Å². The first-order valence-electron chi connectivity index (χ1n) is 16.4. The van der Waals surface area contributed by atoms with Crippen LogP contribution in [0, 0.1) is 35.5 Å². The van der Waals surface area contributed by atoms with Gasteiger partial charge in [0.1, 0.15) is 0 Å². The zero-order valence-electron chi connectivity index (χ0n) is 26.4. The molecule has 6 atom stereocenters. The Morgan fingerprint density at radius 1 is 0.641 bits per heavy atom. The summed E-state index contributed by atoms with van der Waals surface area (Å²) in [4.78, 5) is 0. The van der Waals surface area contributed by atoms with Gasteiger partial charge in [0.2, 0.25) is 0 Å². The van der Waals surface area contributed by atoms with Gasteiger partial charge in [-0.2, -0.15) is 0 Å². The molecule has 0 heterocycles. The molecule has 0 saturated heterocycles. The maximum absolute atomic E-state index is 6.92. The van der Waals surface area contributed by atoms with E-state index in [1.807, 2.05) is 0 Å². The van der Waals surface area contributed by atoms with Crippen LogP contribution < -0.4 is 11.5 Å². The summed E-state index contributed by atoms with van der Waals surface area (Å²) in [6.07, 6.45) is 10.8. The van der Waals surface area contributed by atoms with E-state index >= 15 is 0 Å². The van der Waals surface area contributed by atoms with Crippen molar-refractivity contribution in [1.82, 2.24) is 0 Å². The van der Waals surface area contributed by atoms with Gasteiger partial charge in [-0.25, -0.2) is 0 Å². The molecule has 0 bridgehead atoms. The molecule has 2 nitrogen and oxygen atoms in total. The highest BCUT2D eigenvalue weighted by molar-refractivity contribution is 5.60. The maximum Gasteiger partial charge on any atom is 0.0382 e. The molecule has 2 heteroatoms. The Balaban J connectivity index is 1.75. The first-order chi connectivity index (χ1) is 18.5. The van der Waals surface area contributed by atoms with Gasteiger partial charge in [-0.3, -0.25) is 0 Å². The van der Waals surface area contributed by atoms with Crippen LogP contribution in [-0.2, 0) is 19.3 Å². The second-order valence-electron chi connectivity index (χ2n) is 14.3. The fourth-order valence-electron chi connectivity index (χ4n) is 8.37. The Labute approximate surface area is 240 Å². The molecular weight excluding hydrogens is 472 g/mol. The lowest BCUT2D eigenvalue weighted by Crippen LogP contribution is -2.27. The van der Waals surface area contributed by atoms with Gasteiger partial charge in [0.25, 0.3) is 0 Å². The quantitative estimate of drug-likeness (QED) is 0.334. The van der Waals surface area contributed by atoms with E-state index in [-0.39, 0.29) is 0 Å². The van der Waals surface area contributed by atoms with E-state index in [2.05, 4.69) is 79.7 Å². The van der Waals surface area contributed by atoms with Gasteiger partial charge in [0, 0.05) is 11.4 Å². The predicted molar refractivity (Wildman–Crippen MR) is 171 cm³/mol. The van der Waals surface area contributed by atoms with Crippen LogP contribution in [0.4, 0.5) is 11.4 Å². The third-order valence-electron chi connectivity index (χ3n) is 10.7. The zero-order valence-corrected chi connectivity index (χ0v) is 26.4. The van der Waals surface area contributed by atoms with Crippen LogP contribution in [0.2, 0.25) is 0 Å². The van der Waals surface area contributed by atoms with Crippen molar-refractivity contribution in [2.75, 3.05) is 11.5 Å². The standard InChI is InChI=1S/C37H58N2/c1-9-28-18-26(20-34(36(28)38)32-15-24(7)11-13-30(32)22(3)4)17-27-19-29(10-2)37(39)35(21-27)33-16-25(8)12-14-31(33)23(5)6/h18-25,30-33H,9-17,38-39H2,1-8H3. The minimum absolute atomic E-state index is 0.572. The summed E-state index contributed by atoms with van der Waals surface area (Å²) < 4.78 is 0. The molecule has 2 aliphatic carbocycles. The van der Waals surface area contributed by atoms with Crippen LogP contribution in [0.25, 0.3) is 0 Å². The molecule has 2 saturated carbocycles. The van der Waals surface area contributed by atoms with Gasteiger partial charge in [0.05, 0.1) is 0 Å². The van der Waals surface area contributed by atoms with E-state index < -0.39 is 0 Å².